The maximum atomic E-state index is 12.4. The molecule has 0 atom stereocenters. The van der Waals surface area contributed by atoms with Crippen molar-refractivity contribution in [1.82, 2.24) is 0 Å². The van der Waals surface area contributed by atoms with Crippen molar-refractivity contribution in [1.29, 1.82) is 5.26 Å². The molecule has 154 valence electrons. The van der Waals surface area contributed by atoms with Crippen molar-refractivity contribution in [3.63, 3.8) is 0 Å². The summed E-state index contributed by atoms with van der Waals surface area (Å²) in [6.45, 7) is 1.71. The smallest absolute Gasteiger partial charge is 0.269 e. The molecular weight excluding hydrogens is 404 g/mol. The van der Waals surface area contributed by atoms with Crippen molar-refractivity contribution in [2.75, 3.05) is 5.32 Å². The Hall–Kier alpha value is -4.78. The van der Waals surface area contributed by atoms with Crippen molar-refractivity contribution in [2.45, 2.75) is 6.92 Å². The van der Waals surface area contributed by atoms with Gasteiger partial charge in [-0.1, -0.05) is 0 Å². The number of furan rings is 1. The average molecular weight is 418 g/mol. The summed E-state index contributed by atoms with van der Waals surface area (Å²) in [5.41, 5.74) is 1.16. The predicted molar refractivity (Wildman–Crippen MR) is 111 cm³/mol. The quantitative estimate of drug-likeness (QED) is 0.265. The molecule has 2 aromatic carbocycles. The van der Waals surface area contributed by atoms with E-state index >= 15 is 0 Å². The third-order valence-corrected chi connectivity index (χ3v) is 4.30. The first-order valence-corrected chi connectivity index (χ1v) is 8.81. The summed E-state index contributed by atoms with van der Waals surface area (Å²) in [7, 11) is 0. The fourth-order valence-corrected chi connectivity index (χ4v) is 2.77. The first kappa shape index (κ1) is 20.9. The van der Waals surface area contributed by atoms with Gasteiger partial charge in [0.25, 0.3) is 17.3 Å². The van der Waals surface area contributed by atoms with Gasteiger partial charge >= 0.3 is 0 Å². The number of anilines is 1. The van der Waals surface area contributed by atoms with Crippen LogP contribution in [-0.4, -0.2) is 15.8 Å². The monoisotopic (exact) mass is 418 g/mol. The van der Waals surface area contributed by atoms with E-state index in [4.69, 9.17) is 4.42 Å². The molecule has 0 aliphatic heterocycles. The highest BCUT2D eigenvalue weighted by Gasteiger charge is 2.14. The van der Waals surface area contributed by atoms with Gasteiger partial charge in [0.15, 0.2) is 0 Å². The normalized spacial score (nSPS) is 10.9. The molecule has 0 spiro atoms. The average Bonchev–Trinajstić information content (AvgIpc) is 3.20. The molecule has 3 aromatic rings. The second kappa shape index (κ2) is 8.71. The number of nitro benzene ring substituents is 2. The Morgan fingerprint density at radius 2 is 1.68 bits per heavy atom. The molecule has 0 unspecified atom stereocenters. The summed E-state index contributed by atoms with van der Waals surface area (Å²) < 4.78 is 5.67. The van der Waals surface area contributed by atoms with E-state index in [9.17, 15) is 30.3 Å². The zero-order chi connectivity index (χ0) is 22.5. The van der Waals surface area contributed by atoms with Crippen molar-refractivity contribution >= 4 is 29.0 Å². The fourth-order valence-electron chi connectivity index (χ4n) is 2.77. The number of carbonyl (C=O) groups excluding carboxylic acids is 1. The Bertz CT molecular complexity index is 1250. The molecule has 10 nitrogen and oxygen atoms in total. The van der Waals surface area contributed by atoms with E-state index < -0.39 is 15.8 Å². The molecule has 3 rings (SSSR count). The van der Waals surface area contributed by atoms with Crippen LogP contribution in [0.5, 0.6) is 0 Å². The van der Waals surface area contributed by atoms with E-state index in [0.717, 1.165) is 0 Å². The van der Waals surface area contributed by atoms with E-state index in [0.29, 0.717) is 22.6 Å². The molecule has 10 heteroatoms. The lowest BCUT2D eigenvalue weighted by atomic mass is 10.1. The number of rotatable bonds is 6. The van der Waals surface area contributed by atoms with Gasteiger partial charge < -0.3 is 9.73 Å². The van der Waals surface area contributed by atoms with Crippen LogP contribution in [0.4, 0.5) is 17.1 Å². The number of nitrogens with one attached hydrogen (secondary N) is 1. The van der Waals surface area contributed by atoms with E-state index in [1.807, 2.05) is 0 Å². The van der Waals surface area contributed by atoms with E-state index in [-0.39, 0.29) is 22.7 Å². The first-order valence-electron chi connectivity index (χ1n) is 8.81. The molecular formula is C21H14N4O6. The Labute approximate surface area is 175 Å². The minimum atomic E-state index is -0.708. The van der Waals surface area contributed by atoms with Gasteiger partial charge in [-0.2, -0.15) is 5.26 Å². The number of nitriles is 1. The van der Waals surface area contributed by atoms with Crippen LogP contribution < -0.4 is 5.32 Å². The molecule has 1 N–H and O–H groups in total. The summed E-state index contributed by atoms with van der Waals surface area (Å²) in [6.07, 6.45) is 1.25. The molecule has 0 saturated heterocycles. The van der Waals surface area contributed by atoms with E-state index in [1.54, 1.807) is 31.2 Å². The Balaban J connectivity index is 1.79. The van der Waals surface area contributed by atoms with Crippen LogP contribution in [0.2, 0.25) is 0 Å². The third-order valence-electron chi connectivity index (χ3n) is 4.30. The van der Waals surface area contributed by atoms with Crippen molar-refractivity contribution in [3.05, 3.63) is 91.7 Å². The van der Waals surface area contributed by atoms with Crippen LogP contribution in [0.1, 0.15) is 11.3 Å². The highest BCUT2D eigenvalue weighted by atomic mass is 16.6. The predicted octanol–water partition coefficient (Wildman–Crippen LogP) is 4.62. The minimum Gasteiger partial charge on any atom is -0.457 e. The van der Waals surface area contributed by atoms with Gasteiger partial charge in [-0.3, -0.25) is 25.0 Å². The van der Waals surface area contributed by atoms with Gasteiger partial charge in [0.1, 0.15) is 23.2 Å². The fraction of sp³-hybridized carbons (Fsp3) is 0.0476. The van der Waals surface area contributed by atoms with Crippen LogP contribution in [-0.2, 0) is 4.79 Å². The number of amides is 1. The largest absolute Gasteiger partial charge is 0.457 e. The first-order chi connectivity index (χ1) is 14.8. The molecule has 0 fully saturated rings. The number of nitro groups is 2. The minimum absolute atomic E-state index is 0.0393. The van der Waals surface area contributed by atoms with Crippen molar-refractivity contribution < 1.29 is 19.1 Å². The highest BCUT2D eigenvalue weighted by Crippen LogP contribution is 2.29. The third kappa shape index (κ3) is 4.80. The van der Waals surface area contributed by atoms with Gasteiger partial charge in [0.05, 0.1) is 9.85 Å². The maximum absolute atomic E-state index is 12.4. The van der Waals surface area contributed by atoms with E-state index in [1.165, 1.54) is 42.5 Å². The maximum Gasteiger partial charge on any atom is 0.269 e. The lowest BCUT2D eigenvalue weighted by Crippen LogP contribution is -2.13. The van der Waals surface area contributed by atoms with Crippen molar-refractivity contribution in [2.24, 2.45) is 0 Å². The van der Waals surface area contributed by atoms with Gasteiger partial charge in [0, 0.05) is 41.6 Å². The van der Waals surface area contributed by atoms with Gasteiger partial charge in [-0.15, -0.1) is 0 Å². The zero-order valence-corrected chi connectivity index (χ0v) is 16.1. The van der Waals surface area contributed by atoms with Gasteiger partial charge in [-0.25, -0.2) is 0 Å². The Morgan fingerprint density at radius 1 is 1.03 bits per heavy atom. The number of nitrogens with zero attached hydrogens (tertiary/aromatic N) is 3. The SMILES string of the molecule is Cc1cc([N+](=O)[O-])ccc1-c1ccc(/C=C(\C#N)C(=O)Nc2ccc([N+](=O)[O-])cc2)o1. The van der Waals surface area contributed by atoms with Gasteiger partial charge in [0.2, 0.25) is 0 Å². The number of benzene rings is 2. The molecule has 0 bridgehead atoms. The van der Waals surface area contributed by atoms with Crippen LogP contribution in [0.3, 0.4) is 0 Å². The lowest BCUT2D eigenvalue weighted by molar-refractivity contribution is -0.385. The molecule has 0 aliphatic carbocycles. The topological polar surface area (TPSA) is 152 Å². The summed E-state index contributed by atoms with van der Waals surface area (Å²) >= 11 is 0. The molecule has 0 aliphatic rings. The van der Waals surface area contributed by atoms with Crippen molar-refractivity contribution in [3.8, 4) is 17.4 Å². The second-order valence-corrected chi connectivity index (χ2v) is 6.39. The summed E-state index contributed by atoms with van der Waals surface area (Å²) in [6, 6.07) is 14.5. The molecule has 1 amide bonds. The molecule has 1 heterocycles. The van der Waals surface area contributed by atoms with Crippen LogP contribution in [0.15, 0.2) is 64.6 Å². The number of carbonyl (C=O) groups is 1. The van der Waals surface area contributed by atoms with Gasteiger partial charge in [-0.05, 0) is 42.8 Å². The number of hydrogen-bond donors (Lipinski definition) is 1. The molecule has 0 saturated carbocycles. The zero-order valence-electron chi connectivity index (χ0n) is 16.1. The van der Waals surface area contributed by atoms with Crippen LogP contribution >= 0.6 is 0 Å². The summed E-state index contributed by atoms with van der Waals surface area (Å²) in [4.78, 5) is 32.9. The van der Waals surface area contributed by atoms with Crippen LogP contribution in [0.25, 0.3) is 17.4 Å². The second-order valence-electron chi connectivity index (χ2n) is 6.39. The molecule has 1 aromatic heterocycles. The number of aryl methyl sites for hydroxylation is 1. The summed E-state index contributed by atoms with van der Waals surface area (Å²) in [5, 5.41) is 33.4. The Kier molecular flexibility index (Phi) is 5.88. The summed E-state index contributed by atoms with van der Waals surface area (Å²) in [5.74, 6) is -0.0457. The Morgan fingerprint density at radius 3 is 2.26 bits per heavy atom. The van der Waals surface area contributed by atoms with E-state index in [2.05, 4.69) is 5.32 Å². The lowest BCUT2D eigenvalue weighted by Gasteiger charge is -2.04. The standard InChI is InChI=1S/C21H14N4O6/c1-13-10-17(25(29)30)6-8-19(13)20-9-7-18(31-20)11-14(12-22)21(26)23-15-2-4-16(5-3-15)24(27)28/h2-11H,1H3,(H,23,26)/b14-11+. The number of hydrogen-bond acceptors (Lipinski definition) is 7. The van der Waals surface area contributed by atoms with Crippen LogP contribution in [0, 0.1) is 38.5 Å². The molecule has 31 heavy (non-hydrogen) atoms. The number of non-ortho nitro benzene ring substituents is 2. The molecule has 0 radical (unpaired) electrons. The highest BCUT2D eigenvalue weighted by molar-refractivity contribution is 6.09.